The van der Waals surface area contributed by atoms with Crippen molar-refractivity contribution in [2.24, 2.45) is 5.10 Å². The molecule has 0 aliphatic carbocycles. The molecule has 0 saturated carbocycles. The second-order valence-corrected chi connectivity index (χ2v) is 5.60. The highest BCUT2D eigenvalue weighted by Gasteiger charge is 2.16. The number of hydrazone groups is 1. The van der Waals surface area contributed by atoms with Gasteiger partial charge in [0.05, 0.1) is 25.6 Å². The number of ether oxygens (including phenoxy) is 2. The molecule has 8 heteroatoms. The molecule has 0 spiro atoms. The number of nitrogens with one attached hydrogen (secondary N) is 2. The van der Waals surface area contributed by atoms with E-state index in [-0.39, 0.29) is 0 Å². The molecule has 26 heavy (non-hydrogen) atoms. The average Bonchev–Trinajstić information content (AvgIpc) is 2.66. The largest absolute Gasteiger partial charge is 0.497 e. The molecule has 0 bridgehead atoms. The molecule has 2 aromatic rings. The number of rotatable bonds is 5. The van der Waals surface area contributed by atoms with E-state index in [9.17, 15) is 9.59 Å². The van der Waals surface area contributed by atoms with Crippen molar-refractivity contribution in [3.8, 4) is 11.5 Å². The average molecular weight is 376 g/mol. The highest BCUT2D eigenvalue weighted by atomic mass is 35.5. The monoisotopic (exact) mass is 375 g/mol. The van der Waals surface area contributed by atoms with Crippen molar-refractivity contribution in [1.29, 1.82) is 0 Å². The maximum Gasteiger partial charge on any atom is 0.329 e. The summed E-state index contributed by atoms with van der Waals surface area (Å²) < 4.78 is 10.2. The summed E-state index contributed by atoms with van der Waals surface area (Å²) in [5.41, 5.74) is 3.82. The van der Waals surface area contributed by atoms with Gasteiger partial charge in [0.25, 0.3) is 0 Å². The fraction of sp³-hybridized carbons (Fsp3) is 0.167. The number of methoxy groups -OCH3 is 2. The summed E-state index contributed by atoms with van der Waals surface area (Å²) in [5, 5.41) is 6.98. The Morgan fingerprint density at radius 1 is 1.00 bits per heavy atom. The Morgan fingerprint density at radius 3 is 2.31 bits per heavy atom. The third-order valence-electron chi connectivity index (χ3n) is 3.45. The molecule has 2 N–H and O–H groups in total. The van der Waals surface area contributed by atoms with E-state index in [1.54, 1.807) is 49.4 Å². The molecule has 136 valence electrons. The fourth-order valence-electron chi connectivity index (χ4n) is 2.03. The van der Waals surface area contributed by atoms with Crippen molar-refractivity contribution in [1.82, 2.24) is 5.43 Å². The number of hydrogen-bond donors (Lipinski definition) is 2. The van der Waals surface area contributed by atoms with Crippen LogP contribution in [0.25, 0.3) is 0 Å². The van der Waals surface area contributed by atoms with E-state index in [1.807, 2.05) is 0 Å². The molecular formula is C18H18ClN3O4. The Kier molecular flexibility index (Phi) is 6.57. The molecule has 0 heterocycles. The normalized spacial score (nSPS) is 10.8. The number of carbonyl (C=O) groups excluding carboxylic acids is 2. The number of hydrogen-bond acceptors (Lipinski definition) is 5. The lowest BCUT2D eigenvalue weighted by atomic mass is 10.1. The van der Waals surface area contributed by atoms with Gasteiger partial charge < -0.3 is 14.8 Å². The predicted octanol–water partition coefficient (Wildman–Crippen LogP) is 2.84. The Balaban J connectivity index is 2.05. The standard InChI is InChI=1S/C18H18ClN3O4/c1-11(12-4-6-13(19)7-5-12)21-22-18(24)17(23)20-15-10-14(25-2)8-9-16(15)26-3/h4-10H,1-3H3,(H,20,23)(H,22,24)/b21-11+. The zero-order valence-corrected chi connectivity index (χ0v) is 15.3. The Hall–Kier alpha value is -3.06. The molecule has 0 saturated heterocycles. The van der Waals surface area contributed by atoms with Crippen LogP contribution in [0.15, 0.2) is 47.6 Å². The minimum atomic E-state index is -0.914. The van der Waals surface area contributed by atoms with Crippen LogP contribution in [0, 0.1) is 0 Å². The third-order valence-corrected chi connectivity index (χ3v) is 3.70. The van der Waals surface area contributed by atoms with Crippen molar-refractivity contribution in [2.45, 2.75) is 6.92 Å². The second-order valence-electron chi connectivity index (χ2n) is 5.17. The first kappa shape index (κ1) is 19.3. The van der Waals surface area contributed by atoms with E-state index >= 15 is 0 Å². The van der Waals surface area contributed by atoms with E-state index in [0.29, 0.717) is 27.9 Å². The van der Waals surface area contributed by atoms with Gasteiger partial charge in [0, 0.05) is 11.1 Å². The number of carbonyl (C=O) groups is 2. The quantitative estimate of drug-likeness (QED) is 0.477. The van der Waals surface area contributed by atoms with E-state index in [0.717, 1.165) is 5.56 Å². The number of benzene rings is 2. The van der Waals surface area contributed by atoms with Gasteiger partial charge in [0.15, 0.2) is 0 Å². The topological polar surface area (TPSA) is 89.0 Å². The summed E-state index contributed by atoms with van der Waals surface area (Å²) in [6, 6.07) is 11.8. The van der Waals surface area contributed by atoms with Crippen molar-refractivity contribution < 1.29 is 19.1 Å². The minimum Gasteiger partial charge on any atom is -0.497 e. The number of nitrogens with zero attached hydrogens (tertiary/aromatic N) is 1. The van der Waals surface area contributed by atoms with Gasteiger partial charge in [-0.1, -0.05) is 23.7 Å². The van der Waals surface area contributed by atoms with Crippen LogP contribution in [0.4, 0.5) is 5.69 Å². The van der Waals surface area contributed by atoms with Gasteiger partial charge in [-0.2, -0.15) is 5.10 Å². The molecule has 2 amide bonds. The highest BCUT2D eigenvalue weighted by molar-refractivity contribution is 6.39. The zero-order chi connectivity index (χ0) is 19.1. The summed E-state index contributed by atoms with van der Waals surface area (Å²) in [5.74, 6) is -0.890. The van der Waals surface area contributed by atoms with Crippen LogP contribution in [0.1, 0.15) is 12.5 Å². The third kappa shape index (κ3) is 4.97. The van der Waals surface area contributed by atoms with E-state index in [4.69, 9.17) is 21.1 Å². The number of amides is 2. The van der Waals surface area contributed by atoms with Crippen LogP contribution in [0.5, 0.6) is 11.5 Å². The smallest absolute Gasteiger partial charge is 0.329 e. The van der Waals surface area contributed by atoms with E-state index in [1.165, 1.54) is 14.2 Å². The first-order valence-corrected chi connectivity index (χ1v) is 7.96. The van der Waals surface area contributed by atoms with Crippen LogP contribution < -0.4 is 20.2 Å². The summed E-state index contributed by atoms with van der Waals surface area (Å²) in [7, 11) is 2.95. The second kappa shape index (κ2) is 8.87. The van der Waals surface area contributed by atoms with Crippen molar-refractivity contribution in [2.75, 3.05) is 19.5 Å². The fourth-order valence-corrected chi connectivity index (χ4v) is 2.16. The van der Waals surface area contributed by atoms with Crippen LogP contribution in [-0.4, -0.2) is 31.7 Å². The minimum absolute atomic E-state index is 0.311. The van der Waals surface area contributed by atoms with Crippen LogP contribution in [0.2, 0.25) is 5.02 Å². The molecule has 0 aliphatic heterocycles. The summed E-state index contributed by atoms with van der Waals surface area (Å²) >= 11 is 5.83. The Labute approximate surface area is 155 Å². The molecule has 7 nitrogen and oxygen atoms in total. The lowest BCUT2D eigenvalue weighted by Gasteiger charge is -2.11. The molecule has 0 fully saturated rings. The molecule has 0 unspecified atom stereocenters. The summed E-state index contributed by atoms with van der Waals surface area (Å²) in [6.45, 7) is 1.70. The Morgan fingerprint density at radius 2 is 1.69 bits per heavy atom. The van der Waals surface area contributed by atoms with Crippen LogP contribution >= 0.6 is 11.6 Å². The van der Waals surface area contributed by atoms with Crippen LogP contribution in [-0.2, 0) is 9.59 Å². The summed E-state index contributed by atoms with van der Waals surface area (Å²) in [4.78, 5) is 24.0. The molecule has 0 aromatic heterocycles. The molecule has 2 aromatic carbocycles. The first-order valence-electron chi connectivity index (χ1n) is 7.58. The number of halogens is 1. The van der Waals surface area contributed by atoms with Gasteiger partial charge in [-0.05, 0) is 36.8 Å². The lowest BCUT2D eigenvalue weighted by molar-refractivity contribution is -0.136. The summed E-state index contributed by atoms with van der Waals surface area (Å²) in [6.07, 6.45) is 0. The maximum absolute atomic E-state index is 12.1. The highest BCUT2D eigenvalue weighted by Crippen LogP contribution is 2.28. The van der Waals surface area contributed by atoms with E-state index < -0.39 is 11.8 Å². The van der Waals surface area contributed by atoms with Crippen molar-refractivity contribution >= 4 is 34.8 Å². The van der Waals surface area contributed by atoms with Gasteiger partial charge in [-0.25, -0.2) is 5.43 Å². The SMILES string of the molecule is COc1ccc(OC)c(NC(=O)C(=O)N/N=C(\C)c2ccc(Cl)cc2)c1. The van der Waals surface area contributed by atoms with E-state index in [2.05, 4.69) is 15.8 Å². The maximum atomic E-state index is 12.1. The molecule has 0 aliphatic rings. The number of anilines is 1. The van der Waals surface area contributed by atoms with Crippen molar-refractivity contribution in [3.05, 3.63) is 53.1 Å². The van der Waals surface area contributed by atoms with Gasteiger partial charge >= 0.3 is 11.8 Å². The molecule has 2 rings (SSSR count). The predicted molar refractivity (Wildman–Crippen MR) is 100.0 cm³/mol. The van der Waals surface area contributed by atoms with Gasteiger partial charge in [-0.3, -0.25) is 9.59 Å². The molecular weight excluding hydrogens is 358 g/mol. The molecule has 0 radical (unpaired) electrons. The van der Waals surface area contributed by atoms with Crippen LogP contribution in [0.3, 0.4) is 0 Å². The van der Waals surface area contributed by atoms with Gasteiger partial charge in [0.2, 0.25) is 0 Å². The Bertz CT molecular complexity index is 835. The lowest BCUT2D eigenvalue weighted by Crippen LogP contribution is -2.33. The van der Waals surface area contributed by atoms with Gasteiger partial charge in [-0.15, -0.1) is 0 Å². The molecule has 0 atom stereocenters. The van der Waals surface area contributed by atoms with Crippen molar-refractivity contribution in [3.63, 3.8) is 0 Å². The first-order chi connectivity index (χ1) is 12.4. The van der Waals surface area contributed by atoms with Gasteiger partial charge in [0.1, 0.15) is 11.5 Å². The zero-order valence-electron chi connectivity index (χ0n) is 14.5.